The molecule has 2 aliphatic rings. The van der Waals surface area contributed by atoms with E-state index in [1.807, 2.05) is 0 Å². The van der Waals surface area contributed by atoms with Gasteiger partial charge in [0.25, 0.3) is 5.56 Å². The van der Waals surface area contributed by atoms with Crippen LogP contribution in [-0.4, -0.2) is 105 Å². The highest BCUT2D eigenvalue weighted by Gasteiger charge is 2.52. The second-order valence-corrected chi connectivity index (χ2v) is 23.4. The van der Waals surface area contributed by atoms with E-state index in [1.54, 1.807) is 46.1 Å². The van der Waals surface area contributed by atoms with Gasteiger partial charge in [-0.25, -0.2) is 33.5 Å². The average molecular weight is 923 g/mol. The molecule has 6 heterocycles. The molecule has 0 saturated carbocycles. The zero-order valence-electron chi connectivity index (χ0n) is 33.2. The van der Waals surface area contributed by atoms with Crippen LogP contribution in [0.2, 0.25) is 0 Å². The summed E-state index contributed by atoms with van der Waals surface area (Å²) in [6, 6.07) is 0. The standard InChI is InChI=1S/C32H45FN10O13P2S2/c1-31(2,3)28(45)50-14-59-57(47,48)52-10-17-22(19(33)27(55-17)43-13-39-21-25(43)40-30(35)41-26(21)44)56-58(49,60-15-51-29(46)32(4,5)6)53-9-16-7-8-18(54-16)42-12-38-20-23(34)36-11-37-24(20)42/h11-13,16-19,22,27H,7-10,14-15H2,1-6H3,(H,47,48)(H2,34,36,37)(H3,35,40,41,44)/t16?,17?,18?,19-,22-,27?,58?/m1/s1. The van der Waals surface area contributed by atoms with E-state index in [9.17, 15) is 28.4 Å². The SMILES string of the molecule is CC(C)(C)C(=O)OCSP(=O)(O)OCC1OC(n2cnc3c(=O)[nH]c(N)nc32)[C@H](F)[C@@H]1OP(=O)(OCC1CCC(n2cnc3c(N)ncnc32)O1)SCOC(=O)C(C)(C)C. The number of ether oxygens (including phenoxy) is 4. The fourth-order valence-electron chi connectivity index (χ4n) is 5.75. The molecule has 0 aliphatic carbocycles. The van der Waals surface area contributed by atoms with Gasteiger partial charge in [-0.15, -0.1) is 0 Å². The Morgan fingerprint density at radius 3 is 2.25 bits per heavy atom. The maximum Gasteiger partial charge on any atom is 0.392 e. The van der Waals surface area contributed by atoms with Crippen molar-refractivity contribution in [1.29, 1.82) is 0 Å². The maximum atomic E-state index is 16.8. The number of carbonyl (C=O) groups excluding carboxylic acids is 2. The highest BCUT2D eigenvalue weighted by molar-refractivity contribution is 8.55. The summed E-state index contributed by atoms with van der Waals surface area (Å²) in [6.45, 7) is -0.742. The third kappa shape index (κ3) is 10.7. The van der Waals surface area contributed by atoms with Gasteiger partial charge >= 0.3 is 25.5 Å². The fraction of sp³-hybridized carbons (Fsp3) is 0.625. The number of carbonyl (C=O) groups is 2. The first-order valence-corrected chi connectivity index (χ1v) is 24.5. The number of H-pyrrole nitrogens is 1. The van der Waals surface area contributed by atoms with Crippen molar-refractivity contribution >= 4 is 82.4 Å². The zero-order valence-corrected chi connectivity index (χ0v) is 36.6. The first-order chi connectivity index (χ1) is 28.0. The monoisotopic (exact) mass is 922 g/mol. The topological polar surface area (TPSA) is 312 Å². The van der Waals surface area contributed by atoms with Crippen LogP contribution >= 0.6 is 36.4 Å². The van der Waals surface area contributed by atoms with E-state index in [0.29, 0.717) is 35.4 Å². The molecule has 28 heteroatoms. The molecule has 4 aromatic heterocycles. The molecule has 6 rings (SSSR count). The number of fused-ring (bicyclic) bond motifs is 2. The van der Waals surface area contributed by atoms with Crippen molar-refractivity contribution in [3.05, 3.63) is 29.3 Å². The lowest BCUT2D eigenvalue weighted by molar-refractivity contribution is -0.151. The summed E-state index contributed by atoms with van der Waals surface area (Å²) in [5, 5.41) is 0. The van der Waals surface area contributed by atoms with Crippen LogP contribution in [0.15, 0.2) is 23.8 Å². The van der Waals surface area contributed by atoms with E-state index < -0.39 is 97.3 Å². The van der Waals surface area contributed by atoms with E-state index >= 15 is 4.39 Å². The molecule has 8 atom stereocenters. The second kappa shape index (κ2) is 17.9. The van der Waals surface area contributed by atoms with Gasteiger partial charge in [0, 0.05) is 22.8 Å². The first-order valence-electron chi connectivity index (χ1n) is 18.2. The summed E-state index contributed by atoms with van der Waals surface area (Å²) in [7, 11) is 0. The summed E-state index contributed by atoms with van der Waals surface area (Å²) in [4.78, 5) is 70.7. The molecule has 2 fully saturated rings. The Morgan fingerprint density at radius 2 is 1.57 bits per heavy atom. The van der Waals surface area contributed by atoms with E-state index in [4.69, 9.17) is 44.0 Å². The summed E-state index contributed by atoms with van der Waals surface area (Å²) in [5.41, 5.74) is 9.57. The second-order valence-electron chi connectivity index (χ2n) is 15.6. The minimum atomic E-state index is -4.61. The molecule has 60 heavy (non-hydrogen) atoms. The lowest BCUT2D eigenvalue weighted by Gasteiger charge is -2.26. The van der Waals surface area contributed by atoms with Crippen molar-refractivity contribution in [2.75, 3.05) is 36.6 Å². The summed E-state index contributed by atoms with van der Waals surface area (Å²) in [6.07, 6.45) is -3.93. The molecular weight excluding hydrogens is 877 g/mol. The van der Waals surface area contributed by atoms with E-state index in [1.165, 1.54) is 12.7 Å². The number of hydrogen-bond donors (Lipinski definition) is 4. The van der Waals surface area contributed by atoms with Gasteiger partial charge in [-0.2, -0.15) is 4.98 Å². The normalized spacial score (nSPS) is 24.4. The Hall–Kier alpha value is -3.71. The zero-order chi connectivity index (χ0) is 43.8. The van der Waals surface area contributed by atoms with E-state index in [2.05, 4.69) is 29.9 Å². The molecule has 0 spiro atoms. The largest absolute Gasteiger partial charge is 0.454 e. The van der Waals surface area contributed by atoms with Gasteiger partial charge in [-0.05, 0) is 54.4 Å². The van der Waals surface area contributed by atoms with Crippen molar-refractivity contribution in [3.63, 3.8) is 0 Å². The van der Waals surface area contributed by atoms with Gasteiger partial charge in [0.15, 0.2) is 35.0 Å². The number of aromatic nitrogens is 8. The Labute approximate surface area is 349 Å². The predicted octanol–water partition coefficient (Wildman–Crippen LogP) is 4.22. The van der Waals surface area contributed by atoms with Crippen molar-refractivity contribution in [3.8, 4) is 0 Å². The third-order valence-corrected chi connectivity index (χ3v) is 14.9. The van der Waals surface area contributed by atoms with Crippen molar-refractivity contribution < 1.29 is 60.5 Å². The number of hydrogen-bond acceptors (Lipinski definition) is 21. The molecular formula is C32H45FN10O13P2S2. The molecule has 2 saturated heterocycles. The molecule has 4 aromatic rings. The molecule has 0 bridgehead atoms. The Balaban J connectivity index is 1.23. The Bertz CT molecular complexity index is 2370. The van der Waals surface area contributed by atoms with Crippen molar-refractivity contribution in [1.82, 2.24) is 39.0 Å². The number of rotatable bonds is 16. The van der Waals surface area contributed by atoms with Crippen LogP contribution in [0.4, 0.5) is 16.2 Å². The van der Waals surface area contributed by atoms with Crippen LogP contribution in [-0.2, 0) is 51.2 Å². The first kappa shape index (κ1) is 45.8. The number of nitrogens with one attached hydrogen (secondary N) is 1. The lowest BCUT2D eigenvalue weighted by atomic mass is 9.98. The fourth-order valence-corrected chi connectivity index (χ4v) is 10.2. The van der Waals surface area contributed by atoms with Gasteiger partial charge in [0.1, 0.15) is 42.2 Å². The molecule has 2 aliphatic heterocycles. The van der Waals surface area contributed by atoms with E-state index in [0.717, 1.165) is 10.9 Å². The summed E-state index contributed by atoms with van der Waals surface area (Å²) >= 11 is 0.719. The van der Waals surface area contributed by atoms with E-state index in [-0.39, 0.29) is 40.9 Å². The van der Waals surface area contributed by atoms with Crippen LogP contribution in [0.3, 0.4) is 0 Å². The quantitative estimate of drug-likeness (QED) is 0.0694. The Morgan fingerprint density at radius 1 is 0.917 bits per heavy atom. The smallest absolute Gasteiger partial charge is 0.392 e. The number of alkyl halides is 1. The molecule has 0 amide bonds. The van der Waals surface area contributed by atoms with Gasteiger partial charge < -0.3 is 35.3 Å². The summed E-state index contributed by atoms with van der Waals surface area (Å²) in [5.74, 6) is -2.51. The van der Waals surface area contributed by atoms with Crippen molar-refractivity contribution in [2.24, 2.45) is 10.8 Å². The third-order valence-electron chi connectivity index (χ3n) is 8.88. The Kier molecular flexibility index (Phi) is 13.7. The van der Waals surface area contributed by atoms with Crippen LogP contribution < -0.4 is 17.0 Å². The molecule has 6 N–H and O–H groups in total. The predicted molar refractivity (Wildman–Crippen MR) is 214 cm³/mol. The van der Waals surface area contributed by atoms with Gasteiger partial charge in [0.05, 0.1) is 42.8 Å². The number of aromatic amines is 1. The van der Waals surface area contributed by atoms with Gasteiger partial charge in [-0.1, -0.05) is 0 Å². The lowest BCUT2D eigenvalue weighted by Crippen LogP contribution is -2.34. The highest BCUT2D eigenvalue weighted by Crippen LogP contribution is 2.64. The highest BCUT2D eigenvalue weighted by atomic mass is 32.7. The van der Waals surface area contributed by atoms with Gasteiger partial charge in [0.2, 0.25) is 5.95 Å². The minimum absolute atomic E-state index is 0.177. The number of esters is 2. The number of imidazole rings is 2. The van der Waals surface area contributed by atoms with Crippen LogP contribution in [0, 0.1) is 10.8 Å². The maximum absolute atomic E-state index is 16.8. The number of nitrogens with zero attached hydrogens (tertiary/aromatic N) is 7. The van der Waals surface area contributed by atoms with Crippen LogP contribution in [0.5, 0.6) is 0 Å². The molecule has 23 nitrogen and oxygen atoms in total. The molecule has 0 aromatic carbocycles. The minimum Gasteiger partial charge on any atom is -0.454 e. The molecule has 6 unspecified atom stereocenters. The van der Waals surface area contributed by atoms with Crippen LogP contribution in [0.1, 0.15) is 66.8 Å². The number of nitrogen functional groups attached to an aromatic ring is 2. The summed E-state index contributed by atoms with van der Waals surface area (Å²) < 4.78 is 86.9. The average Bonchev–Trinajstić information content (AvgIpc) is 3.96. The molecule has 0 radical (unpaired) electrons. The number of nitrogens with two attached hydrogens (primary N) is 2. The van der Waals surface area contributed by atoms with Gasteiger partial charge in [-0.3, -0.25) is 42.1 Å². The molecule has 330 valence electrons. The number of anilines is 2. The van der Waals surface area contributed by atoms with Crippen molar-refractivity contribution in [2.45, 2.75) is 91.3 Å². The van der Waals surface area contributed by atoms with Crippen LogP contribution in [0.25, 0.3) is 22.3 Å². The number of halogens is 1.